The molecule has 12 nitrogen and oxygen atoms in total. The molecular weight excluding hydrogens is 432 g/mol. The van der Waals surface area contributed by atoms with Gasteiger partial charge >= 0.3 is 11.9 Å². The van der Waals surface area contributed by atoms with E-state index in [1.165, 1.54) is 24.8 Å². The second kappa shape index (κ2) is 10.0. The number of carboxylic acid groups (broad SMARTS) is 2. The molecule has 4 rings (SSSR count). The second-order valence-corrected chi connectivity index (χ2v) is 5.59. The molecule has 0 spiro atoms. The molecule has 0 bridgehead atoms. The molecule has 0 aromatic carbocycles. The summed E-state index contributed by atoms with van der Waals surface area (Å²) in [6, 6.07) is 6.50. The molecule has 4 heterocycles. The van der Waals surface area contributed by atoms with Gasteiger partial charge in [0.1, 0.15) is 11.8 Å². The van der Waals surface area contributed by atoms with E-state index in [4.69, 9.17) is 10.2 Å². The number of rotatable bonds is 6. The Morgan fingerprint density at radius 2 is 0.862 bits per heavy atom. The molecular formula is C16H16CuN8O4. The van der Waals surface area contributed by atoms with Gasteiger partial charge in [0.15, 0.2) is 0 Å². The monoisotopic (exact) mass is 447 g/mol. The molecule has 0 saturated carbocycles. The number of aromatic amines is 4. The van der Waals surface area contributed by atoms with E-state index in [0.717, 1.165) is 0 Å². The van der Waals surface area contributed by atoms with E-state index in [9.17, 15) is 9.59 Å². The fourth-order valence-corrected chi connectivity index (χ4v) is 2.58. The fraction of sp³-hybridized carbons (Fsp3) is 0.125. The molecule has 0 aliphatic rings. The number of nitrogens with one attached hydrogen (secondary N) is 4. The Hall–Kier alpha value is -3.70. The van der Waals surface area contributed by atoms with Crippen molar-refractivity contribution in [3.63, 3.8) is 0 Å². The van der Waals surface area contributed by atoms with Crippen LogP contribution >= 0.6 is 0 Å². The normalized spacial score (nSPS) is 10.3. The minimum absolute atomic E-state index is 0. The number of aromatic nitrogens is 8. The Kier molecular flexibility index (Phi) is 7.46. The molecule has 0 aliphatic heterocycles. The Bertz CT molecular complexity index is 833. The number of nitrogens with zero attached hydrogens (tertiary/aromatic N) is 4. The van der Waals surface area contributed by atoms with E-state index in [-0.39, 0.29) is 17.1 Å². The molecule has 155 valence electrons. The molecule has 0 aliphatic carbocycles. The molecule has 0 amide bonds. The summed E-state index contributed by atoms with van der Waals surface area (Å²) in [5.74, 6) is -3.42. The van der Waals surface area contributed by atoms with E-state index in [1.807, 2.05) is 0 Å². The van der Waals surface area contributed by atoms with Crippen LogP contribution in [0.3, 0.4) is 0 Å². The van der Waals surface area contributed by atoms with E-state index in [2.05, 4.69) is 40.8 Å². The second-order valence-electron chi connectivity index (χ2n) is 5.59. The average Bonchev–Trinajstić information content (AvgIpc) is 3.46. The Morgan fingerprint density at radius 1 is 0.621 bits per heavy atom. The summed E-state index contributed by atoms with van der Waals surface area (Å²) in [6.07, 6.45) is 6.06. The zero-order chi connectivity index (χ0) is 19.9. The zero-order valence-electron chi connectivity index (χ0n) is 14.6. The summed E-state index contributed by atoms with van der Waals surface area (Å²) >= 11 is 0. The number of carboxylic acids is 2. The van der Waals surface area contributed by atoms with Crippen LogP contribution in [0.1, 0.15) is 34.6 Å². The van der Waals surface area contributed by atoms with Crippen LogP contribution in [0.2, 0.25) is 0 Å². The van der Waals surface area contributed by atoms with Crippen LogP contribution in [-0.2, 0) is 26.7 Å². The van der Waals surface area contributed by atoms with Gasteiger partial charge in [-0.15, -0.1) is 0 Å². The summed E-state index contributed by atoms with van der Waals surface area (Å²) in [4.78, 5) is 22.0. The third-order valence-electron chi connectivity index (χ3n) is 3.83. The molecule has 0 atom stereocenters. The van der Waals surface area contributed by atoms with E-state index < -0.39 is 23.8 Å². The number of hydrogen-bond donors (Lipinski definition) is 6. The van der Waals surface area contributed by atoms with Crippen molar-refractivity contribution in [3.8, 4) is 0 Å². The number of hydrogen-bond acceptors (Lipinski definition) is 6. The largest absolute Gasteiger partial charge is 0.480 e. The van der Waals surface area contributed by atoms with Gasteiger partial charge < -0.3 is 10.2 Å². The minimum Gasteiger partial charge on any atom is -0.480 e. The number of carbonyl (C=O) groups is 2. The maximum absolute atomic E-state index is 11.0. The molecule has 0 unspecified atom stereocenters. The first-order chi connectivity index (χ1) is 13.6. The molecule has 1 radical (unpaired) electrons. The first-order valence-electron chi connectivity index (χ1n) is 8.00. The molecule has 0 saturated heterocycles. The van der Waals surface area contributed by atoms with Crippen LogP contribution in [0, 0.1) is 0 Å². The molecule has 0 fully saturated rings. The van der Waals surface area contributed by atoms with Crippen LogP contribution in [0.15, 0.2) is 49.1 Å². The van der Waals surface area contributed by atoms with Crippen LogP contribution < -0.4 is 0 Å². The van der Waals surface area contributed by atoms with Gasteiger partial charge in [-0.05, 0) is 24.3 Å². The quantitative estimate of drug-likeness (QED) is 0.232. The van der Waals surface area contributed by atoms with Crippen molar-refractivity contribution in [1.82, 2.24) is 40.8 Å². The van der Waals surface area contributed by atoms with Crippen molar-refractivity contribution in [2.24, 2.45) is 0 Å². The van der Waals surface area contributed by atoms with Gasteiger partial charge in [-0.25, -0.2) is 0 Å². The standard InChI is InChI=1S/2C8H8N4O2.Cu/c2*13-8(14)7(5-1-3-9-11-5)6-2-4-10-12-6;/h2*1-4,7H,(H,9,11)(H,10,12)(H,13,14);. The molecule has 6 N–H and O–H groups in total. The van der Waals surface area contributed by atoms with Crippen molar-refractivity contribution in [3.05, 3.63) is 71.8 Å². The van der Waals surface area contributed by atoms with Crippen molar-refractivity contribution >= 4 is 11.9 Å². The van der Waals surface area contributed by atoms with Gasteiger partial charge in [0.05, 0.1) is 22.8 Å². The number of H-pyrrole nitrogens is 4. The fourth-order valence-electron chi connectivity index (χ4n) is 2.58. The third-order valence-corrected chi connectivity index (χ3v) is 3.83. The molecule has 4 aromatic heterocycles. The Balaban J connectivity index is 0.000000200. The van der Waals surface area contributed by atoms with Gasteiger partial charge in [-0.1, -0.05) is 0 Å². The van der Waals surface area contributed by atoms with Crippen LogP contribution in [0.5, 0.6) is 0 Å². The third kappa shape index (κ3) is 5.18. The van der Waals surface area contributed by atoms with Gasteiger partial charge in [-0.2, -0.15) is 20.4 Å². The molecule has 13 heteroatoms. The number of aliphatic carboxylic acids is 2. The van der Waals surface area contributed by atoms with Crippen molar-refractivity contribution in [2.75, 3.05) is 0 Å². The maximum Gasteiger partial charge on any atom is 0.318 e. The summed E-state index contributed by atoms with van der Waals surface area (Å²) < 4.78 is 0. The zero-order valence-corrected chi connectivity index (χ0v) is 15.5. The SMILES string of the molecule is O=C(O)C(c1ccn[nH]1)c1ccn[nH]1.O=C(O)C(c1ccn[nH]1)c1ccn[nH]1.[Cu]. The summed E-state index contributed by atoms with van der Waals surface area (Å²) in [6.45, 7) is 0. The van der Waals surface area contributed by atoms with Gasteiger partial charge in [0.25, 0.3) is 0 Å². The average molecular weight is 448 g/mol. The first kappa shape index (κ1) is 21.6. The van der Waals surface area contributed by atoms with E-state index in [1.54, 1.807) is 24.3 Å². The van der Waals surface area contributed by atoms with E-state index >= 15 is 0 Å². The molecule has 4 aromatic rings. The van der Waals surface area contributed by atoms with Gasteiger partial charge in [-0.3, -0.25) is 30.0 Å². The van der Waals surface area contributed by atoms with Crippen LogP contribution in [-0.4, -0.2) is 62.9 Å². The predicted octanol–water partition coefficient (Wildman–Crippen LogP) is 0.696. The summed E-state index contributed by atoms with van der Waals surface area (Å²) in [5.41, 5.74) is 2.12. The first-order valence-corrected chi connectivity index (χ1v) is 8.00. The summed E-state index contributed by atoms with van der Waals surface area (Å²) in [7, 11) is 0. The van der Waals surface area contributed by atoms with Crippen LogP contribution in [0.25, 0.3) is 0 Å². The minimum atomic E-state index is -0.946. The smallest absolute Gasteiger partial charge is 0.318 e. The van der Waals surface area contributed by atoms with Crippen molar-refractivity contribution < 1.29 is 36.9 Å². The Labute approximate surface area is 173 Å². The molecule has 29 heavy (non-hydrogen) atoms. The maximum atomic E-state index is 11.0. The van der Waals surface area contributed by atoms with Crippen LogP contribution in [0.4, 0.5) is 0 Å². The van der Waals surface area contributed by atoms with E-state index in [0.29, 0.717) is 22.8 Å². The Morgan fingerprint density at radius 3 is 1.00 bits per heavy atom. The topological polar surface area (TPSA) is 189 Å². The summed E-state index contributed by atoms with van der Waals surface area (Å²) in [5, 5.41) is 43.4. The predicted molar refractivity (Wildman–Crippen MR) is 93.3 cm³/mol. The van der Waals surface area contributed by atoms with Gasteiger partial charge in [0.2, 0.25) is 0 Å². The van der Waals surface area contributed by atoms with Crippen molar-refractivity contribution in [1.29, 1.82) is 0 Å². The van der Waals surface area contributed by atoms with Gasteiger partial charge in [0, 0.05) is 41.9 Å². The van der Waals surface area contributed by atoms with Crippen molar-refractivity contribution in [2.45, 2.75) is 11.8 Å².